The van der Waals surface area contributed by atoms with Crippen LogP contribution >= 0.6 is 0 Å². The lowest BCUT2D eigenvalue weighted by molar-refractivity contribution is 0.0967. The molecule has 1 fully saturated rings. The predicted octanol–water partition coefficient (Wildman–Crippen LogP) is 1.69. The maximum absolute atomic E-state index is 8.67. The van der Waals surface area contributed by atoms with Crippen molar-refractivity contribution in [2.24, 2.45) is 5.92 Å². The van der Waals surface area contributed by atoms with E-state index in [1.54, 1.807) is 0 Å². The number of nitrogens with zero attached hydrogens (tertiary/aromatic N) is 1. The molecule has 80 valence electrons. The Bertz CT molecular complexity index is 182. The molecule has 0 heterocycles. The molecule has 1 rings (SSSR count). The van der Waals surface area contributed by atoms with E-state index in [9.17, 15) is 0 Å². The van der Waals surface area contributed by atoms with Crippen molar-refractivity contribution in [2.75, 3.05) is 20.3 Å². The summed E-state index contributed by atoms with van der Waals surface area (Å²) < 4.78 is 5.56. The van der Waals surface area contributed by atoms with Crippen molar-refractivity contribution >= 4 is 0 Å². The number of nitrogens with one attached hydrogen (secondary N) is 1. The first-order valence-electron chi connectivity index (χ1n) is 5.51. The monoisotopic (exact) mass is 196 g/mol. The van der Waals surface area contributed by atoms with Crippen LogP contribution in [-0.4, -0.2) is 26.3 Å². The van der Waals surface area contributed by atoms with Gasteiger partial charge in [0, 0.05) is 13.2 Å². The van der Waals surface area contributed by atoms with Crippen LogP contribution in [0.15, 0.2) is 0 Å². The average molecular weight is 196 g/mol. The summed E-state index contributed by atoms with van der Waals surface area (Å²) in [4.78, 5) is 0. The van der Waals surface area contributed by atoms with Crippen molar-refractivity contribution in [3.63, 3.8) is 0 Å². The fraction of sp³-hybridized carbons (Fsp3) is 0.909. The van der Waals surface area contributed by atoms with Crippen molar-refractivity contribution in [1.82, 2.24) is 5.32 Å². The summed E-state index contributed by atoms with van der Waals surface area (Å²) in [6.07, 6.45) is 6.18. The molecule has 1 aliphatic rings. The van der Waals surface area contributed by atoms with Crippen LogP contribution < -0.4 is 5.32 Å². The molecular weight excluding hydrogens is 176 g/mol. The predicted molar refractivity (Wildman–Crippen MR) is 55.9 cm³/mol. The molecule has 1 N–H and O–H groups in total. The highest BCUT2D eigenvalue weighted by atomic mass is 16.5. The largest absolute Gasteiger partial charge is 0.381 e. The lowest BCUT2D eigenvalue weighted by atomic mass is 10.1. The molecular formula is C11H20N2O. The van der Waals surface area contributed by atoms with E-state index in [1.165, 1.54) is 25.7 Å². The molecule has 14 heavy (non-hydrogen) atoms. The minimum absolute atomic E-state index is 0.0569. The summed E-state index contributed by atoms with van der Waals surface area (Å²) >= 11 is 0. The fourth-order valence-electron chi connectivity index (χ4n) is 1.90. The first-order valence-corrected chi connectivity index (χ1v) is 5.51. The molecule has 1 unspecified atom stereocenters. The van der Waals surface area contributed by atoms with Gasteiger partial charge in [-0.3, -0.25) is 0 Å². The summed E-state index contributed by atoms with van der Waals surface area (Å²) in [5.74, 6) is 0.783. The van der Waals surface area contributed by atoms with Crippen molar-refractivity contribution in [3.8, 4) is 6.07 Å². The van der Waals surface area contributed by atoms with E-state index in [4.69, 9.17) is 10.00 Å². The second-order valence-electron chi connectivity index (χ2n) is 3.98. The van der Waals surface area contributed by atoms with Crippen molar-refractivity contribution in [1.29, 1.82) is 5.26 Å². The van der Waals surface area contributed by atoms with E-state index >= 15 is 0 Å². The van der Waals surface area contributed by atoms with Gasteiger partial charge < -0.3 is 10.1 Å². The van der Waals surface area contributed by atoms with Gasteiger partial charge in [-0.25, -0.2) is 0 Å². The van der Waals surface area contributed by atoms with E-state index < -0.39 is 0 Å². The molecule has 0 radical (unpaired) electrons. The zero-order chi connectivity index (χ0) is 10.2. The molecule has 0 bridgehead atoms. The number of rotatable bonds is 6. The van der Waals surface area contributed by atoms with Crippen molar-refractivity contribution < 1.29 is 4.74 Å². The van der Waals surface area contributed by atoms with Crippen LogP contribution in [0.2, 0.25) is 0 Å². The molecule has 0 amide bonds. The van der Waals surface area contributed by atoms with Gasteiger partial charge in [0.05, 0.1) is 12.1 Å². The van der Waals surface area contributed by atoms with Crippen molar-refractivity contribution in [2.45, 2.75) is 38.1 Å². The molecule has 0 spiro atoms. The Hall–Kier alpha value is -0.590. The van der Waals surface area contributed by atoms with E-state index in [-0.39, 0.29) is 6.04 Å². The highest BCUT2D eigenvalue weighted by Gasteiger charge is 2.14. The van der Waals surface area contributed by atoms with Crippen molar-refractivity contribution in [3.05, 3.63) is 0 Å². The Balaban J connectivity index is 1.96. The number of nitriles is 1. The Labute approximate surface area is 86.4 Å². The number of ether oxygens (including phenoxy) is 1. The number of hydrogen-bond donors (Lipinski definition) is 1. The lowest BCUT2D eigenvalue weighted by Crippen LogP contribution is -2.25. The lowest BCUT2D eigenvalue weighted by Gasteiger charge is -2.11. The molecule has 0 aromatic heterocycles. The topological polar surface area (TPSA) is 45.0 Å². The van der Waals surface area contributed by atoms with Crippen LogP contribution in [0.5, 0.6) is 0 Å². The zero-order valence-corrected chi connectivity index (χ0v) is 8.96. The molecule has 1 aliphatic carbocycles. The quantitative estimate of drug-likeness (QED) is 0.658. The summed E-state index contributed by atoms with van der Waals surface area (Å²) in [6.45, 7) is 1.59. The van der Waals surface area contributed by atoms with E-state index in [0.29, 0.717) is 6.61 Å². The van der Waals surface area contributed by atoms with Gasteiger partial charge in [0.2, 0.25) is 0 Å². The van der Waals surface area contributed by atoms with E-state index in [1.807, 2.05) is 7.05 Å². The fourth-order valence-corrected chi connectivity index (χ4v) is 1.90. The smallest absolute Gasteiger partial charge is 0.0972 e. The second kappa shape index (κ2) is 6.80. The molecule has 1 atom stereocenters. The van der Waals surface area contributed by atoms with E-state index in [0.717, 1.165) is 18.9 Å². The third kappa shape index (κ3) is 4.08. The SMILES string of the molecule is CNC(C#N)CCOCC1CCCC1. The van der Waals surface area contributed by atoms with Crippen LogP contribution in [0.1, 0.15) is 32.1 Å². The Kier molecular flexibility index (Phi) is 5.58. The van der Waals surface area contributed by atoms with Crippen LogP contribution in [0, 0.1) is 17.2 Å². The molecule has 0 aromatic rings. The van der Waals surface area contributed by atoms with Gasteiger partial charge in [-0.05, 0) is 32.2 Å². The molecule has 3 heteroatoms. The zero-order valence-electron chi connectivity index (χ0n) is 8.96. The van der Waals surface area contributed by atoms with Crippen LogP contribution in [0.4, 0.5) is 0 Å². The third-order valence-corrected chi connectivity index (χ3v) is 2.88. The van der Waals surface area contributed by atoms with E-state index in [2.05, 4.69) is 11.4 Å². The molecule has 3 nitrogen and oxygen atoms in total. The van der Waals surface area contributed by atoms with Crippen LogP contribution in [-0.2, 0) is 4.74 Å². The number of hydrogen-bond acceptors (Lipinski definition) is 3. The maximum Gasteiger partial charge on any atom is 0.0972 e. The highest BCUT2D eigenvalue weighted by Crippen LogP contribution is 2.24. The summed E-state index contributed by atoms with van der Waals surface area (Å²) in [5.41, 5.74) is 0. The van der Waals surface area contributed by atoms with Gasteiger partial charge in [-0.2, -0.15) is 5.26 Å². The van der Waals surface area contributed by atoms with Gasteiger partial charge in [0.15, 0.2) is 0 Å². The van der Waals surface area contributed by atoms with Crippen LogP contribution in [0.3, 0.4) is 0 Å². The minimum atomic E-state index is -0.0569. The molecule has 0 aromatic carbocycles. The first-order chi connectivity index (χ1) is 6.86. The maximum atomic E-state index is 8.67. The van der Waals surface area contributed by atoms with Gasteiger partial charge in [0.1, 0.15) is 0 Å². The van der Waals surface area contributed by atoms with Crippen LogP contribution in [0.25, 0.3) is 0 Å². The van der Waals surface area contributed by atoms with Gasteiger partial charge in [-0.1, -0.05) is 12.8 Å². The molecule has 0 saturated heterocycles. The Morgan fingerprint density at radius 3 is 2.79 bits per heavy atom. The average Bonchev–Trinajstić information content (AvgIpc) is 2.71. The van der Waals surface area contributed by atoms with Gasteiger partial charge in [-0.15, -0.1) is 0 Å². The standard InChI is InChI=1S/C11H20N2O/c1-13-11(8-12)6-7-14-9-10-4-2-3-5-10/h10-11,13H,2-7,9H2,1H3. The Morgan fingerprint density at radius 2 is 2.21 bits per heavy atom. The second-order valence-corrected chi connectivity index (χ2v) is 3.98. The molecule has 1 saturated carbocycles. The van der Waals surface area contributed by atoms with Gasteiger partial charge >= 0.3 is 0 Å². The third-order valence-electron chi connectivity index (χ3n) is 2.88. The summed E-state index contributed by atoms with van der Waals surface area (Å²) in [7, 11) is 1.81. The normalized spacial score (nSPS) is 19.4. The summed E-state index contributed by atoms with van der Waals surface area (Å²) in [6, 6.07) is 2.13. The molecule has 0 aliphatic heterocycles. The summed E-state index contributed by atoms with van der Waals surface area (Å²) in [5, 5.41) is 11.6. The minimum Gasteiger partial charge on any atom is -0.381 e. The Morgan fingerprint density at radius 1 is 1.50 bits per heavy atom. The van der Waals surface area contributed by atoms with Gasteiger partial charge in [0.25, 0.3) is 0 Å². The highest BCUT2D eigenvalue weighted by molar-refractivity contribution is 4.88. The first kappa shape index (κ1) is 11.5.